The van der Waals surface area contributed by atoms with Crippen molar-refractivity contribution >= 4 is 17.3 Å². The normalized spacial score (nSPS) is 18.0. The predicted octanol–water partition coefficient (Wildman–Crippen LogP) is 3.87. The molecule has 118 valence electrons. The quantitative estimate of drug-likeness (QED) is 0.863. The Labute approximate surface area is 133 Å². The van der Waals surface area contributed by atoms with E-state index in [0.717, 1.165) is 31.3 Å². The highest BCUT2D eigenvalue weighted by Gasteiger charge is 2.20. The molecule has 0 spiro atoms. The van der Waals surface area contributed by atoms with Gasteiger partial charge in [-0.05, 0) is 49.9 Å². The second kappa shape index (κ2) is 8.02. The van der Waals surface area contributed by atoms with E-state index in [4.69, 9.17) is 16.3 Å². The molecule has 1 heterocycles. The van der Waals surface area contributed by atoms with Gasteiger partial charge in [-0.15, -0.1) is 0 Å². The molecule has 0 aliphatic carbocycles. The van der Waals surface area contributed by atoms with Gasteiger partial charge in [-0.3, -0.25) is 0 Å². The summed E-state index contributed by atoms with van der Waals surface area (Å²) in [6, 6.07) is 6.77. The number of nitrogens with zero attached hydrogens (tertiary/aromatic N) is 1. The average Bonchev–Trinajstić information content (AvgIpc) is 2.48. The topological polar surface area (TPSA) is 24.5 Å². The lowest BCUT2D eigenvalue weighted by Gasteiger charge is -2.33. The van der Waals surface area contributed by atoms with Gasteiger partial charge >= 0.3 is 0 Å². The third kappa shape index (κ3) is 4.35. The number of nitrogens with one attached hydrogen (secondary N) is 1. The average molecular weight is 311 g/mol. The van der Waals surface area contributed by atoms with Crippen LogP contribution in [0.15, 0.2) is 18.2 Å². The molecule has 1 aromatic rings. The number of hydrogen-bond donors (Lipinski definition) is 1. The van der Waals surface area contributed by atoms with Crippen LogP contribution in [0.2, 0.25) is 5.02 Å². The fraction of sp³-hybridized carbons (Fsp3) is 0.647. The maximum absolute atomic E-state index is 6.47. The van der Waals surface area contributed by atoms with E-state index in [2.05, 4.69) is 42.3 Å². The summed E-state index contributed by atoms with van der Waals surface area (Å²) < 4.78 is 5.26. The summed E-state index contributed by atoms with van der Waals surface area (Å²) in [7, 11) is 1.79. The van der Waals surface area contributed by atoms with Gasteiger partial charge in [0.05, 0.1) is 0 Å². The standard InChI is InChI=1S/C17H27ClN2O/c1-4-19-13(2)16-6-5-15(11-17(16)18)20-9-7-14(8-10-20)12-21-3/h5-6,11,13-14,19H,4,7-10,12H2,1-3H3. The van der Waals surface area contributed by atoms with Crippen LogP contribution in [0.5, 0.6) is 0 Å². The molecule has 1 aromatic carbocycles. The zero-order chi connectivity index (χ0) is 15.2. The van der Waals surface area contributed by atoms with E-state index < -0.39 is 0 Å². The molecule has 1 atom stereocenters. The molecule has 1 saturated heterocycles. The molecule has 4 heteroatoms. The second-order valence-corrected chi connectivity index (χ2v) is 6.28. The van der Waals surface area contributed by atoms with Crippen molar-refractivity contribution < 1.29 is 4.74 Å². The molecule has 1 N–H and O–H groups in total. The molecule has 0 saturated carbocycles. The third-order valence-electron chi connectivity index (χ3n) is 4.34. The van der Waals surface area contributed by atoms with Gasteiger partial charge in [0.15, 0.2) is 0 Å². The number of anilines is 1. The molecule has 1 aliphatic rings. The van der Waals surface area contributed by atoms with E-state index in [1.54, 1.807) is 7.11 Å². The third-order valence-corrected chi connectivity index (χ3v) is 4.67. The fourth-order valence-electron chi connectivity index (χ4n) is 3.07. The lowest BCUT2D eigenvalue weighted by Crippen LogP contribution is -2.35. The number of hydrogen-bond acceptors (Lipinski definition) is 3. The van der Waals surface area contributed by atoms with Crippen molar-refractivity contribution in [2.45, 2.75) is 32.7 Å². The Morgan fingerprint density at radius 1 is 1.38 bits per heavy atom. The van der Waals surface area contributed by atoms with Crippen LogP contribution in [-0.2, 0) is 4.74 Å². The predicted molar refractivity (Wildman–Crippen MR) is 90.4 cm³/mol. The summed E-state index contributed by atoms with van der Waals surface area (Å²) in [6.07, 6.45) is 2.39. The van der Waals surface area contributed by atoms with Crippen molar-refractivity contribution in [1.29, 1.82) is 0 Å². The zero-order valence-electron chi connectivity index (χ0n) is 13.4. The van der Waals surface area contributed by atoms with Crippen molar-refractivity contribution in [3.05, 3.63) is 28.8 Å². The first-order valence-corrected chi connectivity index (χ1v) is 8.30. The SMILES string of the molecule is CCNC(C)c1ccc(N2CCC(COC)CC2)cc1Cl. The van der Waals surface area contributed by atoms with E-state index >= 15 is 0 Å². The lowest BCUT2D eigenvalue weighted by atomic mass is 9.97. The summed E-state index contributed by atoms with van der Waals surface area (Å²) in [5, 5.41) is 4.27. The highest BCUT2D eigenvalue weighted by Crippen LogP contribution is 2.30. The van der Waals surface area contributed by atoms with Crippen molar-refractivity contribution in [3.8, 4) is 0 Å². The Morgan fingerprint density at radius 3 is 2.67 bits per heavy atom. The lowest BCUT2D eigenvalue weighted by molar-refractivity contribution is 0.139. The van der Waals surface area contributed by atoms with Crippen LogP contribution < -0.4 is 10.2 Å². The van der Waals surface area contributed by atoms with Crippen LogP contribution >= 0.6 is 11.6 Å². The molecule has 0 amide bonds. The van der Waals surface area contributed by atoms with E-state index in [-0.39, 0.29) is 0 Å². The summed E-state index contributed by atoms with van der Waals surface area (Å²) in [4.78, 5) is 2.43. The van der Waals surface area contributed by atoms with E-state index in [1.165, 1.54) is 24.1 Å². The molecule has 2 rings (SSSR count). The van der Waals surface area contributed by atoms with Gasteiger partial charge < -0.3 is 15.0 Å². The van der Waals surface area contributed by atoms with Crippen LogP contribution in [-0.4, -0.2) is 33.4 Å². The zero-order valence-corrected chi connectivity index (χ0v) is 14.1. The summed E-state index contributed by atoms with van der Waals surface area (Å²) in [5.41, 5.74) is 2.42. The molecule has 3 nitrogen and oxygen atoms in total. The van der Waals surface area contributed by atoms with Gasteiger partial charge in [-0.2, -0.15) is 0 Å². The molecule has 21 heavy (non-hydrogen) atoms. The molecular weight excluding hydrogens is 284 g/mol. The summed E-state index contributed by atoms with van der Waals surface area (Å²) in [6.45, 7) is 8.28. The first-order chi connectivity index (χ1) is 10.2. The number of ether oxygens (including phenoxy) is 1. The van der Waals surface area contributed by atoms with Crippen molar-refractivity contribution in [2.75, 3.05) is 38.3 Å². The molecule has 0 aromatic heterocycles. The number of methoxy groups -OCH3 is 1. The minimum Gasteiger partial charge on any atom is -0.384 e. The van der Waals surface area contributed by atoms with Crippen molar-refractivity contribution in [1.82, 2.24) is 5.32 Å². The Balaban J connectivity index is 2.00. The Morgan fingerprint density at radius 2 is 2.10 bits per heavy atom. The molecule has 1 unspecified atom stereocenters. The van der Waals surface area contributed by atoms with Gasteiger partial charge in [0, 0.05) is 43.6 Å². The molecule has 0 radical (unpaired) electrons. The minimum absolute atomic E-state index is 0.295. The molecule has 1 fully saturated rings. The number of benzene rings is 1. The Hall–Kier alpha value is -0.770. The second-order valence-electron chi connectivity index (χ2n) is 5.87. The van der Waals surface area contributed by atoms with E-state index in [1.807, 2.05) is 0 Å². The monoisotopic (exact) mass is 310 g/mol. The van der Waals surface area contributed by atoms with E-state index in [9.17, 15) is 0 Å². The van der Waals surface area contributed by atoms with Gasteiger partial charge in [0.2, 0.25) is 0 Å². The minimum atomic E-state index is 0.295. The van der Waals surface area contributed by atoms with Crippen LogP contribution in [0, 0.1) is 5.92 Å². The van der Waals surface area contributed by atoms with E-state index in [0.29, 0.717) is 12.0 Å². The Kier molecular flexibility index (Phi) is 6.34. The van der Waals surface area contributed by atoms with Gasteiger partial charge in [-0.1, -0.05) is 24.6 Å². The van der Waals surface area contributed by atoms with Crippen LogP contribution in [0.1, 0.15) is 38.3 Å². The van der Waals surface area contributed by atoms with Crippen LogP contribution in [0.4, 0.5) is 5.69 Å². The number of rotatable bonds is 6. The molecule has 0 bridgehead atoms. The largest absolute Gasteiger partial charge is 0.384 e. The smallest absolute Gasteiger partial charge is 0.0491 e. The van der Waals surface area contributed by atoms with Crippen molar-refractivity contribution in [2.24, 2.45) is 5.92 Å². The van der Waals surface area contributed by atoms with Crippen LogP contribution in [0.25, 0.3) is 0 Å². The Bertz CT molecular complexity index is 444. The maximum atomic E-state index is 6.47. The summed E-state index contributed by atoms with van der Waals surface area (Å²) >= 11 is 6.47. The molecular formula is C17H27ClN2O. The van der Waals surface area contributed by atoms with Gasteiger partial charge in [0.25, 0.3) is 0 Å². The van der Waals surface area contributed by atoms with Crippen LogP contribution in [0.3, 0.4) is 0 Å². The first-order valence-electron chi connectivity index (χ1n) is 7.92. The van der Waals surface area contributed by atoms with Gasteiger partial charge in [0.1, 0.15) is 0 Å². The fourth-order valence-corrected chi connectivity index (χ4v) is 3.41. The molecule has 1 aliphatic heterocycles. The number of halogens is 1. The highest BCUT2D eigenvalue weighted by molar-refractivity contribution is 6.31. The van der Waals surface area contributed by atoms with Crippen molar-refractivity contribution in [3.63, 3.8) is 0 Å². The maximum Gasteiger partial charge on any atom is 0.0491 e. The summed E-state index contributed by atoms with van der Waals surface area (Å²) in [5.74, 6) is 0.703. The van der Waals surface area contributed by atoms with Gasteiger partial charge in [-0.25, -0.2) is 0 Å². The number of piperidine rings is 1. The first kappa shape index (κ1) is 16.6. The highest BCUT2D eigenvalue weighted by atomic mass is 35.5.